The van der Waals surface area contributed by atoms with Crippen molar-refractivity contribution >= 4 is 21.7 Å². The highest BCUT2D eigenvalue weighted by Gasteiger charge is 2.44. The van der Waals surface area contributed by atoms with Crippen molar-refractivity contribution in [3.8, 4) is 0 Å². The number of Topliss-reactive ketones (excluding diaryl/α,β-unsaturated/α-hetero) is 1. The summed E-state index contributed by atoms with van der Waals surface area (Å²) in [5.74, 6) is 0.873. The summed E-state index contributed by atoms with van der Waals surface area (Å²) < 4.78 is 1.02. The number of hydrogen-bond acceptors (Lipinski definition) is 1. The van der Waals surface area contributed by atoms with Gasteiger partial charge in [-0.1, -0.05) is 52.3 Å². The third-order valence-electron chi connectivity index (χ3n) is 3.81. The molecule has 2 unspecified atom stereocenters. The minimum absolute atomic E-state index is 0.169. The molecule has 0 spiro atoms. The molecular weight excluding hydrogens is 300 g/mol. The van der Waals surface area contributed by atoms with Gasteiger partial charge in [0.15, 0.2) is 5.78 Å². The Hall–Kier alpha value is -1.41. The van der Waals surface area contributed by atoms with Gasteiger partial charge < -0.3 is 0 Å². The van der Waals surface area contributed by atoms with Gasteiger partial charge in [-0.2, -0.15) is 0 Å². The molecule has 1 aliphatic rings. The van der Waals surface area contributed by atoms with E-state index in [2.05, 4.69) is 28.1 Å². The first-order chi connectivity index (χ1) is 9.16. The number of carbonyl (C=O) groups is 1. The predicted molar refractivity (Wildman–Crippen MR) is 80.5 cm³/mol. The summed E-state index contributed by atoms with van der Waals surface area (Å²) in [4.78, 5) is 12.5. The zero-order chi connectivity index (χ0) is 13.4. The molecule has 2 heteroatoms. The average molecular weight is 315 g/mol. The Kier molecular flexibility index (Phi) is 3.28. The Balaban J connectivity index is 1.80. The van der Waals surface area contributed by atoms with E-state index in [1.165, 1.54) is 5.56 Å². The molecule has 0 bridgehead atoms. The van der Waals surface area contributed by atoms with Crippen molar-refractivity contribution in [2.75, 3.05) is 0 Å². The summed E-state index contributed by atoms with van der Waals surface area (Å²) in [6.45, 7) is 2.00. The maximum Gasteiger partial charge on any atom is 0.166 e. The van der Waals surface area contributed by atoms with E-state index in [1.807, 2.05) is 43.3 Å². The lowest BCUT2D eigenvalue weighted by Gasteiger charge is -2.05. The van der Waals surface area contributed by atoms with Gasteiger partial charge in [-0.25, -0.2) is 0 Å². The fraction of sp³-hybridized carbons (Fsp3) is 0.235. The number of benzene rings is 2. The van der Waals surface area contributed by atoms with Crippen LogP contribution in [-0.4, -0.2) is 5.78 Å². The predicted octanol–water partition coefficient (Wildman–Crippen LogP) is 4.74. The van der Waals surface area contributed by atoms with Crippen LogP contribution in [0.4, 0.5) is 0 Å². The highest BCUT2D eigenvalue weighted by Crippen LogP contribution is 2.49. The molecule has 1 saturated carbocycles. The lowest BCUT2D eigenvalue weighted by Crippen LogP contribution is -2.05. The van der Waals surface area contributed by atoms with Crippen molar-refractivity contribution in [2.45, 2.75) is 19.3 Å². The lowest BCUT2D eigenvalue weighted by atomic mass is 9.99. The minimum atomic E-state index is 0.169. The molecule has 1 nitrogen and oxygen atoms in total. The molecule has 19 heavy (non-hydrogen) atoms. The third-order valence-corrected chi connectivity index (χ3v) is 4.30. The maximum absolute atomic E-state index is 12.5. The van der Waals surface area contributed by atoms with E-state index in [0.29, 0.717) is 11.7 Å². The van der Waals surface area contributed by atoms with Gasteiger partial charge in [-0.05, 0) is 42.5 Å². The number of hydrogen-bond donors (Lipinski definition) is 0. The SMILES string of the molecule is Cc1cc(Br)ccc1C(=O)C1CC1c1ccccc1. The molecule has 0 saturated heterocycles. The van der Waals surface area contributed by atoms with E-state index in [0.717, 1.165) is 22.0 Å². The molecule has 0 heterocycles. The van der Waals surface area contributed by atoms with Gasteiger partial charge in [0.2, 0.25) is 0 Å². The summed E-state index contributed by atoms with van der Waals surface area (Å²) in [5, 5.41) is 0. The van der Waals surface area contributed by atoms with Crippen LogP contribution < -0.4 is 0 Å². The van der Waals surface area contributed by atoms with Crippen LogP contribution in [0.15, 0.2) is 53.0 Å². The topological polar surface area (TPSA) is 17.1 Å². The average Bonchev–Trinajstić information content (AvgIpc) is 3.19. The molecule has 0 aromatic heterocycles. The minimum Gasteiger partial charge on any atom is -0.294 e. The van der Waals surface area contributed by atoms with Crippen molar-refractivity contribution in [3.05, 3.63) is 69.7 Å². The zero-order valence-electron chi connectivity index (χ0n) is 10.8. The van der Waals surface area contributed by atoms with Gasteiger partial charge >= 0.3 is 0 Å². The quantitative estimate of drug-likeness (QED) is 0.748. The Labute approximate surface area is 121 Å². The molecule has 2 atom stereocenters. The third kappa shape index (κ3) is 2.50. The monoisotopic (exact) mass is 314 g/mol. The van der Waals surface area contributed by atoms with Crippen LogP contribution in [0, 0.1) is 12.8 Å². The summed E-state index contributed by atoms with van der Waals surface area (Å²) in [6, 6.07) is 16.2. The van der Waals surface area contributed by atoms with Gasteiger partial charge in [-0.15, -0.1) is 0 Å². The smallest absolute Gasteiger partial charge is 0.166 e. The second-order valence-electron chi connectivity index (χ2n) is 5.18. The summed E-state index contributed by atoms with van der Waals surface area (Å²) >= 11 is 3.44. The van der Waals surface area contributed by atoms with Crippen molar-refractivity contribution in [2.24, 2.45) is 5.92 Å². The van der Waals surface area contributed by atoms with Crippen LogP contribution in [0.3, 0.4) is 0 Å². The molecule has 1 fully saturated rings. The van der Waals surface area contributed by atoms with E-state index in [1.54, 1.807) is 0 Å². The van der Waals surface area contributed by atoms with E-state index >= 15 is 0 Å². The lowest BCUT2D eigenvalue weighted by molar-refractivity contribution is 0.0964. The summed E-state index contributed by atoms with van der Waals surface area (Å²) in [7, 11) is 0. The molecule has 2 aromatic carbocycles. The first-order valence-electron chi connectivity index (χ1n) is 6.52. The molecule has 0 aliphatic heterocycles. The van der Waals surface area contributed by atoms with Crippen LogP contribution in [0.1, 0.15) is 33.8 Å². The maximum atomic E-state index is 12.5. The van der Waals surface area contributed by atoms with Gasteiger partial charge in [0.1, 0.15) is 0 Å². The number of aryl methyl sites for hydroxylation is 1. The standard InChI is InChI=1S/C17H15BrO/c1-11-9-13(18)7-8-14(11)17(19)16-10-15(16)12-5-3-2-4-6-12/h2-9,15-16H,10H2,1H3. The van der Waals surface area contributed by atoms with Crippen molar-refractivity contribution in [3.63, 3.8) is 0 Å². The van der Waals surface area contributed by atoms with Crippen LogP contribution in [0.5, 0.6) is 0 Å². The number of halogens is 1. The molecule has 96 valence electrons. The van der Waals surface area contributed by atoms with Crippen molar-refractivity contribution < 1.29 is 4.79 Å². The summed E-state index contributed by atoms with van der Waals surface area (Å²) in [5.41, 5.74) is 3.21. The highest BCUT2D eigenvalue weighted by molar-refractivity contribution is 9.10. The van der Waals surface area contributed by atoms with Crippen LogP contribution in [-0.2, 0) is 0 Å². The Morgan fingerprint density at radius 1 is 1.16 bits per heavy atom. The molecule has 0 N–H and O–H groups in total. The Morgan fingerprint density at radius 2 is 1.89 bits per heavy atom. The van der Waals surface area contributed by atoms with Gasteiger partial charge in [0, 0.05) is 16.0 Å². The Morgan fingerprint density at radius 3 is 2.58 bits per heavy atom. The van der Waals surface area contributed by atoms with Gasteiger partial charge in [-0.3, -0.25) is 4.79 Å². The van der Waals surface area contributed by atoms with Crippen LogP contribution in [0.25, 0.3) is 0 Å². The number of rotatable bonds is 3. The van der Waals surface area contributed by atoms with Gasteiger partial charge in [0.25, 0.3) is 0 Å². The fourth-order valence-corrected chi connectivity index (χ4v) is 3.13. The normalized spacial score (nSPS) is 21.2. The van der Waals surface area contributed by atoms with E-state index in [4.69, 9.17) is 0 Å². The number of carbonyl (C=O) groups excluding carboxylic acids is 1. The summed E-state index contributed by atoms with van der Waals surface area (Å²) in [6.07, 6.45) is 0.984. The molecular formula is C17H15BrO. The Bertz CT molecular complexity index is 618. The molecule has 0 amide bonds. The van der Waals surface area contributed by atoms with Gasteiger partial charge in [0.05, 0.1) is 0 Å². The first-order valence-corrected chi connectivity index (χ1v) is 7.31. The highest BCUT2D eigenvalue weighted by atomic mass is 79.9. The molecule has 1 aliphatic carbocycles. The molecule has 3 rings (SSSR count). The van der Waals surface area contributed by atoms with Crippen molar-refractivity contribution in [1.29, 1.82) is 0 Å². The van der Waals surface area contributed by atoms with E-state index in [9.17, 15) is 4.79 Å². The number of ketones is 1. The van der Waals surface area contributed by atoms with E-state index < -0.39 is 0 Å². The largest absolute Gasteiger partial charge is 0.294 e. The first kappa shape index (κ1) is 12.6. The van der Waals surface area contributed by atoms with E-state index in [-0.39, 0.29) is 5.92 Å². The molecule has 0 radical (unpaired) electrons. The zero-order valence-corrected chi connectivity index (χ0v) is 12.4. The fourth-order valence-electron chi connectivity index (χ4n) is 2.66. The van der Waals surface area contributed by atoms with Crippen LogP contribution in [0.2, 0.25) is 0 Å². The second-order valence-corrected chi connectivity index (χ2v) is 6.10. The molecule has 2 aromatic rings. The van der Waals surface area contributed by atoms with Crippen molar-refractivity contribution in [1.82, 2.24) is 0 Å². The van der Waals surface area contributed by atoms with Crippen LogP contribution >= 0.6 is 15.9 Å². The second kappa shape index (κ2) is 4.93.